The minimum absolute atomic E-state index is 0.323. The number of aromatic nitrogens is 1. The van der Waals surface area contributed by atoms with Crippen molar-refractivity contribution in [3.05, 3.63) is 45.9 Å². The lowest BCUT2D eigenvalue weighted by atomic mass is 10.1. The molecule has 100 valence electrons. The first kappa shape index (κ1) is 12.6. The lowest BCUT2D eigenvalue weighted by Gasteiger charge is -2.16. The number of nitrogens with zero attached hydrogens (tertiary/aromatic N) is 1. The highest BCUT2D eigenvalue weighted by molar-refractivity contribution is 7.09. The molecule has 0 aliphatic carbocycles. The molecule has 2 N–H and O–H groups in total. The Labute approximate surface area is 118 Å². The highest BCUT2D eigenvalue weighted by Crippen LogP contribution is 2.25. The molecule has 0 saturated heterocycles. The molecule has 1 aliphatic rings. The predicted molar refractivity (Wildman–Crippen MR) is 80.8 cm³/mol. The zero-order valence-electron chi connectivity index (χ0n) is 11.3. The van der Waals surface area contributed by atoms with Gasteiger partial charge in [-0.15, -0.1) is 11.3 Å². The number of anilines is 1. The smallest absolute Gasteiger partial charge is 0.110 e. The molecule has 3 nitrogen and oxygen atoms in total. The first-order chi connectivity index (χ1) is 9.22. The number of benzene rings is 1. The number of rotatable bonds is 4. The Kier molecular flexibility index (Phi) is 3.53. The molecule has 1 aromatic heterocycles. The molecule has 4 heteroatoms. The molecule has 2 unspecified atom stereocenters. The normalized spacial score (nSPS) is 18.9. The molecule has 0 bridgehead atoms. The van der Waals surface area contributed by atoms with Gasteiger partial charge in [-0.3, -0.25) is 0 Å². The summed E-state index contributed by atoms with van der Waals surface area (Å²) in [6.45, 7) is 5.19. The van der Waals surface area contributed by atoms with Crippen molar-refractivity contribution >= 4 is 17.0 Å². The van der Waals surface area contributed by atoms with E-state index in [4.69, 9.17) is 0 Å². The van der Waals surface area contributed by atoms with Crippen LogP contribution in [0.15, 0.2) is 29.6 Å². The number of hydrogen-bond acceptors (Lipinski definition) is 4. The van der Waals surface area contributed by atoms with Gasteiger partial charge in [0, 0.05) is 29.3 Å². The number of fused-ring (bicyclic) bond motifs is 1. The molecule has 0 amide bonds. The lowest BCUT2D eigenvalue weighted by Crippen LogP contribution is -2.32. The average Bonchev–Trinajstić information content (AvgIpc) is 3.01. The Morgan fingerprint density at radius 2 is 2.32 bits per heavy atom. The molecule has 1 aromatic carbocycles. The second kappa shape index (κ2) is 5.31. The van der Waals surface area contributed by atoms with E-state index in [0.717, 1.165) is 18.7 Å². The topological polar surface area (TPSA) is 37.0 Å². The van der Waals surface area contributed by atoms with Crippen LogP contribution in [0, 0.1) is 6.92 Å². The second-order valence-electron chi connectivity index (χ2n) is 5.16. The lowest BCUT2D eigenvalue weighted by molar-refractivity contribution is 0.536. The molecular weight excluding hydrogens is 254 g/mol. The molecule has 1 aliphatic heterocycles. The van der Waals surface area contributed by atoms with Crippen molar-refractivity contribution in [2.24, 2.45) is 0 Å². The molecule has 3 rings (SSSR count). The maximum Gasteiger partial charge on any atom is 0.110 e. The SMILES string of the molecule is Cc1csc(C(C)NCC2Cc3ccccc3N2)n1. The minimum Gasteiger partial charge on any atom is -0.380 e. The fourth-order valence-corrected chi connectivity index (χ4v) is 3.30. The van der Waals surface area contributed by atoms with E-state index in [1.807, 2.05) is 6.92 Å². The van der Waals surface area contributed by atoms with Crippen LogP contribution in [0.1, 0.15) is 29.2 Å². The third kappa shape index (κ3) is 2.80. The Bertz CT molecular complexity index is 539. The fourth-order valence-electron chi connectivity index (χ4n) is 2.48. The van der Waals surface area contributed by atoms with Gasteiger partial charge < -0.3 is 10.6 Å². The molecule has 2 aromatic rings. The van der Waals surface area contributed by atoms with Crippen LogP contribution in [-0.2, 0) is 6.42 Å². The number of nitrogens with one attached hydrogen (secondary N) is 2. The van der Waals surface area contributed by atoms with Gasteiger partial charge in [0.15, 0.2) is 0 Å². The van der Waals surface area contributed by atoms with Gasteiger partial charge in [0.1, 0.15) is 5.01 Å². The first-order valence-electron chi connectivity index (χ1n) is 6.72. The molecule has 2 heterocycles. The highest BCUT2D eigenvalue weighted by atomic mass is 32.1. The zero-order chi connectivity index (χ0) is 13.2. The van der Waals surface area contributed by atoms with Crippen molar-refractivity contribution < 1.29 is 0 Å². The quantitative estimate of drug-likeness (QED) is 0.898. The molecule has 2 atom stereocenters. The van der Waals surface area contributed by atoms with Crippen molar-refractivity contribution in [2.75, 3.05) is 11.9 Å². The minimum atomic E-state index is 0.323. The van der Waals surface area contributed by atoms with Gasteiger partial charge >= 0.3 is 0 Å². The van der Waals surface area contributed by atoms with Crippen molar-refractivity contribution in [3.63, 3.8) is 0 Å². The molecule has 0 saturated carbocycles. The van der Waals surface area contributed by atoms with Gasteiger partial charge in [-0.2, -0.15) is 0 Å². The van der Waals surface area contributed by atoms with Crippen LogP contribution in [0.2, 0.25) is 0 Å². The van der Waals surface area contributed by atoms with Crippen LogP contribution >= 0.6 is 11.3 Å². The van der Waals surface area contributed by atoms with E-state index in [9.17, 15) is 0 Å². The van der Waals surface area contributed by atoms with Crippen molar-refractivity contribution in [1.29, 1.82) is 0 Å². The maximum atomic E-state index is 4.53. The second-order valence-corrected chi connectivity index (χ2v) is 6.05. The monoisotopic (exact) mass is 273 g/mol. The van der Waals surface area contributed by atoms with Gasteiger partial charge in [0.2, 0.25) is 0 Å². The highest BCUT2D eigenvalue weighted by Gasteiger charge is 2.20. The van der Waals surface area contributed by atoms with E-state index < -0.39 is 0 Å². The van der Waals surface area contributed by atoms with Crippen molar-refractivity contribution in [3.8, 4) is 0 Å². The van der Waals surface area contributed by atoms with Crippen LogP contribution < -0.4 is 10.6 Å². The van der Waals surface area contributed by atoms with E-state index in [0.29, 0.717) is 12.1 Å². The Morgan fingerprint density at radius 3 is 3.05 bits per heavy atom. The van der Waals surface area contributed by atoms with Gasteiger partial charge in [-0.05, 0) is 31.9 Å². The maximum absolute atomic E-state index is 4.53. The summed E-state index contributed by atoms with van der Waals surface area (Å²) < 4.78 is 0. The van der Waals surface area contributed by atoms with E-state index in [1.165, 1.54) is 16.3 Å². The summed E-state index contributed by atoms with van der Waals surface area (Å²) in [6, 6.07) is 9.36. The van der Waals surface area contributed by atoms with Crippen LogP contribution in [-0.4, -0.2) is 17.6 Å². The number of para-hydroxylation sites is 1. The van der Waals surface area contributed by atoms with E-state index in [1.54, 1.807) is 11.3 Å². The molecule has 19 heavy (non-hydrogen) atoms. The summed E-state index contributed by atoms with van der Waals surface area (Å²) in [5.41, 5.74) is 3.82. The van der Waals surface area contributed by atoms with Gasteiger partial charge in [-0.25, -0.2) is 4.98 Å². The summed E-state index contributed by atoms with van der Waals surface area (Å²) in [4.78, 5) is 4.53. The summed E-state index contributed by atoms with van der Waals surface area (Å²) in [6.07, 6.45) is 1.10. The van der Waals surface area contributed by atoms with Crippen molar-refractivity contribution in [1.82, 2.24) is 10.3 Å². The molecular formula is C15H19N3S. The molecule has 0 fully saturated rings. The Balaban J connectivity index is 1.54. The van der Waals surface area contributed by atoms with Crippen LogP contribution in [0.25, 0.3) is 0 Å². The Hall–Kier alpha value is -1.39. The van der Waals surface area contributed by atoms with Gasteiger partial charge in [-0.1, -0.05) is 18.2 Å². The molecule has 0 radical (unpaired) electrons. The number of aryl methyl sites for hydroxylation is 1. The average molecular weight is 273 g/mol. The Morgan fingerprint density at radius 1 is 1.47 bits per heavy atom. The zero-order valence-corrected chi connectivity index (χ0v) is 12.1. The third-order valence-electron chi connectivity index (χ3n) is 3.52. The van der Waals surface area contributed by atoms with E-state index in [2.05, 4.69) is 52.2 Å². The largest absolute Gasteiger partial charge is 0.380 e. The standard InChI is InChI=1S/C15H19N3S/c1-10-9-19-15(17-10)11(2)16-8-13-7-12-5-3-4-6-14(12)18-13/h3-6,9,11,13,16,18H,7-8H2,1-2H3. The van der Waals surface area contributed by atoms with Gasteiger partial charge in [0.05, 0.1) is 6.04 Å². The molecule has 0 spiro atoms. The number of hydrogen-bond donors (Lipinski definition) is 2. The van der Waals surface area contributed by atoms with Crippen molar-refractivity contribution in [2.45, 2.75) is 32.4 Å². The van der Waals surface area contributed by atoms with E-state index >= 15 is 0 Å². The summed E-state index contributed by atoms with van der Waals surface area (Å²) in [5, 5.41) is 10.4. The fraction of sp³-hybridized carbons (Fsp3) is 0.400. The van der Waals surface area contributed by atoms with E-state index in [-0.39, 0.29) is 0 Å². The summed E-state index contributed by atoms with van der Waals surface area (Å²) in [5.74, 6) is 0. The van der Waals surface area contributed by atoms with Gasteiger partial charge in [0.25, 0.3) is 0 Å². The summed E-state index contributed by atoms with van der Waals surface area (Å²) in [7, 11) is 0. The predicted octanol–water partition coefficient (Wildman–Crippen LogP) is 3.14. The number of thiazole rings is 1. The third-order valence-corrected chi connectivity index (χ3v) is 4.67. The van der Waals surface area contributed by atoms with Crippen LogP contribution in [0.3, 0.4) is 0 Å². The first-order valence-corrected chi connectivity index (χ1v) is 7.60. The van der Waals surface area contributed by atoms with Crippen LogP contribution in [0.5, 0.6) is 0 Å². The van der Waals surface area contributed by atoms with Crippen LogP contribution in [0.4, 0.5) is 5.69 Å². The summed E-state index contributed by atoms with van der Waals surface area (Å²) >= 11 is 1.73.